The van der Waals surface area contributed by atoms with Crippen LogP contribution in [0.5, 0.6) is 0 Å². The first-order valence-electron chi connectivity index (χ1n) is 9.77. The van der Waals surface area contributed by atoms with Crippen molar-refractivity contribution < 1.29 is 9.90 Å². The first-order valence-corrected chi connectivity index (χ1v) is 9.77. The van der Waals surface area contributed by atoms with Crippen LogP contribution in [0.2, 0.25) is 0 Å². The van der Waals surface area contributed by atoms with Crippen molar-refractivity contribution in [3.63, 3.8) is 0 Å². The number of carbonyl (C=O) groups excluding carboxylic acids is 1. The second kappa shape index (κ2) is 7.22. The zero-order chi connectivity index (χ0) is 19.1. The van der Waals surface area contributed by atoms with Gasteiger partial charge in [0.2, 0.25) is 0 Å². The number of carbonyl (C=O) groups is 1. The number of likely N-dealkylation sites (N-methyl/N-ethyl adjacent to an activating group) is 2. The maximum absolute atomic E-state index is 13.0. The van der Waals surface area contributed by atoms with Gasteiger partial charge in [0.15, 0.2) is 5.69 Å². The zero-order valence-corrected chi connectivity index (χ0v) is 16.3. The van der Waals surface area contributed by atoms with Gasteiger partial charge >= 0.3 is 0 Å². The van der Waals surface area contributed by atoms with E-state index >= 15 is 0 Å². The van der Waals surface area contributed by atoms with Gasteiger partial charge in [-0.25, -0.2) is 0 Å². The van der Waals surface area contributed by atoms with Crippen LogP contribution in [-0.4, -0.2) is 82.0 Å². The number of likely N-dealkylation sites (tertiary alicyclic amines) is 1. The van der Waals surface area contributed by atoms with Crippen LogP contribution < -0.4 is 5.32 Å². The number of hydrogen-bond donors (Lipinski definition) is 2. The van der Waals surface area contributed by atoms with Gasteiger partial charge in [0.1, 0.15) is 0 Å². The Morgan fingerprint density at radius 2 is 1.93 bits per heavy atom. The fourth-order valence-electron chi connectivity index (χ4n) is 4.64. The highest BCUT2D eigenvalue weighted by Gasteiger charge is 2.38. The van der Waals surface area contributed by atoms with Gasteiger partial charge in [-0.2, -0.15) is 5.10 Å². The average molecular weight is 371 g/mol. The van der Waals surface area contributed by atoms with Gasteiger partial charge in [0, 0.05) is 36.6 Å². The number of aliphatic hydroxyl groups is 1. The molecule has 0 aliphatic carbocycles. The van der Waals surface area contributed by atoms with E-state index in [-0.39, 0.29) is 11.9 Å². The normalized spacial score (nSPS) is 27.6. The second-order valence-corrected chi connectivity index (χ2v) is 8.23. The lowest BCUT2D eigenvalue weighted by atomic mass is 9.88. The average Bonchev–Trinajstić information content (AvgIpc) is 2.95. The number of piperidine rings is 1. The molecular weight excluding hydrogens is 342 g/mol. The molecule has 4 rings (SSSR count). The van der Waals surface area contributed by atoms with Crippen LogP contribution in [0.4, 0.5) is 0 Å². The monoisotopic (exact) mass is 371 g/mol. The second-order valence-electron chi connectivity index (χ2n) is 8.23. The molecule has 3 heterocycles. The number of nitrogens with one attached hydrogen (secondary N) is 1. The van der Waals surface area contributed by atoms with E-state index in [2.05, 4.69) is 34.3 Å². The quantitative estimate of drug-likeness (QED) is 0.836. The highest BCUT2D eigenvalue weighted by molar-refractivity contribution is 6.05. The fourth-order valence-corrected chi connectivity index (χ4v) is 4.64. The lowest BCUT2D eigenvalue weighted by Crippen LogP contribution is -2.63. The van der Waals surface area contributed by atoms with Gasteiger partial charge in [-0.3, -0.25) is 14.4 Å². The molecule has 1 aromatic carbocycles. The molecule has 0 radical (unpaired) electrons. The Balaban J connectivity index is 1.54. The van der Waals surface area contributed by atoms with Crippen LogP contribution in [0.1, 0.15) is 30.3 Å². The number of para-hydroxylation sites is 1. The number of benzene rings is 1. The Morgan fingerprint density at radius 3 is 2.59 bits per heavy atom. The molecule has 4 atom stereocenters. The van der Waals surface area contributed by atoms with Crippen molar-refractivity contribution in [1.82, 2.24) is 24.9 Å². The van der Waals surface area contributed by atoms with E-state index in [0.29, 0.717) is 24.3 Å². The lowest BCUT2D eigenvalue weighted by molar-refractivity contribution is 0.00837. The molecule has 27 heavy (non-hydrogen) atoms. The summed E-state index contributed by atoms with van der Waals surface area (Å²) in [4.78, 5) is 17.9. The molecule has 7 heteroatoms. The van der Waals surface area contributed by atoms with Crippen molar-refractivity contribution in [1.29, 1.82) is 0 Å². The Labute approximate surface area is 159 Å². The molecule has 146 valence electrons. The molecular formula is C20H29N5O2. The molecule has 2 bridgehead atoms. The summed E-state index contributed by atoms with van der Waals surface area (Å²) < 4.78 is 1.73. The predicted octanol–water partition coefficient (Wildman–Crippen LogP) is 0.924. The number of fused-ring (bicyclic) bond motifs is 3. The molecule has 2 fully saturated rings. The number of aromatic nitrogens is 2. The summed E-state index contributed by atoms with van der Waals surface area (Å²) in [5, 5.41) is 18.3. The molecule has 1 amide bonds. The highest BCUT2D eigenvalue weighted by atomic mass is 16.3. The van der Waals surface area contributed by atoms with Crippen molar-refractivity contribution in [3.05, 3.63) is 30.0 Å². The Kier molecular flexibility index (Phi) is 4.92. The topological polar surface area (TPSA) is 73.6 Å². The highest BCUT2D eigenvalue weighted by Crippen LogP contribution is 2.27. The summed E-state index contributed by atoms with van der Waals surface area (Å²) in [7, 11) is 4.37. The van der Waals surface area contributed by atoms with Gasteiger partial charge in [-0.15, -0.1) is 0 Å². The summed E-state index contributed by atoms with van der Waals surface area (Å²) in [6, 6.07) is 8.86. The van der Waals surface area contributed by atoms with E-state index < -0.39 is 6.10 Å². The number of piperazine rings is 1. The smallest absolute Gasteiger partial charge is 0.272 e. The van der Waals surface area contributed by atoms with E-state index in [9.17, 15) is 9.90 Å². The first kappa shape index (κ1) is 18.4. The minimum Gasteiger partial charge on any atom is -0.391 e. The minimum atomic E-state index is -0.519. The van der Waals surface area contributed by atoms with Crippen molar-refractivity contribution in [2.75, 3.05) is 27.2 Å². The predicted molar refractivity (Wildman–Crippen MR) is 105 cm³/mol. The van der Waals surface area contributed by atoms with E-state index in [1.807, 2.05) is 24.3 Å². The van der Waals surface area contributed by atoms with Crippen LogP contribution in [0.15, 0.2) is 24.3 Å². The van der Waals surface area contributed by atoms with Gasteiger partial charge in [0.25, 0.3) is 5.91 Å². The molecule has 2 aromatic rings. The summed E-state index contributed by atoms with van der Waals surface area (Å²) in [5.74, 6) is -0.114. The van der Waals surface area contributed by atoms with Gasteiger partial charge in [-0.1, -0.05) is 18.2 Å². The molecule has 2 aliphatic rings. The van der Waals surface area contributed by atoms with Crippen LogP contribution in [0.25, 0.3) is 10.9 Å². The van der Waals surface area contributed by atoms with Crippen molar-refractivity contribution in [2.45, 2.75) is 50.5 Å². The van der Waals surface area contributed by atoms with Crippen LogP contribution >= 0.6 is 0 Å². The lowest BCUT2D eigenvalue weighted by Gasteiger charge is -2.50. The largest absolute Gasteiger partial charge is 0.391 e. The number of nitrogens with zero attached hydrogens (tertiary/aromatic N) is 4. The molecule has 2 aliphatic heterocycles. The molecule has 2 saturated heterocycles. The number of hydrogen-bond acceptors (Lipinski definition) is 5. The molecule has 1 aromatic heterocycles. The summed E-state index contributed by atoms with van der Waals surface area (Å²) in [5.41, 5.74) is 1.33. The maximum atomic E-state index is 13.0. The molecule has 0 spiro atoms. The third-order valence-corrected chi connectivity index (χ3v) is 5.96. The first-order chi connectivity index (χ1) is 12.9. The number of rotatable bonds is 4. The SMILES string of the molecule is CC(O)Cn1nc(C(=O)N[C@@H]2C[C@@H]3CN(C)C[C@H](C2)N3C)c2ccccc21. The van der Waals surface area contributed by atoms with Crippen LogP contribution in [0.3, 0.4) is 0 Å². The third kappa shape index (κ3) is 3.59. The molecule has 7 nitrogen and oxygen atoms in total. The van der Waals surface area contributed by atoms with Crippen LogP contribution in [0, 0.1) is 0 Å². The number of aliphatic hydroxyl groups excluding tert-OH is 1. The van der Waals surface area contributed by atoms with Crippen molar-refractivity contribution >= 4 is 16.8 Å². The van der Waals surface area contributed by atoms with E-state index in [1.54, 1.807) is 11.6 Å². The number of amides is 1. The standard InChI is InChI=1S/C20H29N5O2/c1-13(26)10-25-18-7-5-4-6-17(18)19(22-25)20(27)21-14-8-15-11-23(2)12-16(9-14)24(15)3/h4-7,13-16,26H,8-12H2,1-3H3,(H,21,27)/t13?,14-,15-,16+. The Bertz CT molecular complexity index is 817. The van der Waals surface area contributed by atoms with E-state index in [4.69, 9.17) is 0 Å². The summed E-state index contributed by atoms with van der Waals surface area (Å²) in [6.07, 6.45) is 1.42. The molecule has 0 saturated carbocycles. The Hall–Kier alpha value is -1.96. The molecule has 1 unspecified atom stereocenters. The summed E-state index contributed by atoms with van der Waals surface area (Å²) >= 11 is 0. The van der Waals surface area contributed by atoms with Crippen LogP contribution in [-0.2, 0) is 6.54 Å². The van der Waals surface area contributed by atoms with Crippen molar-refractivity contribution in [3.8, 4) is 0 Å². The summed E-state index contributed by atoms with van der Waals surface area (Å²) in [6.45, 7) is 4.19. The van der Waals surface area contributed by atoms with Crippen molar-refractivity contribution in [2.24, 2.45) is 0 Å². The maximum Gasteiger partial charge on any atom is 0.272 e. The Morgan fingerprint density at radius 1 is 1.26 bits per heavy atom. The van der Waals surface area contributed by atoms with Gasteiger partial charge < -0.3 is 15.3 Å². The van der Waals surface area contributed by atoms with E-state index in [1.165, 1.54) is 0 Å². The zero-order valence-electron chi connectivity index (χ0n) is 16.3. The van der Waals surface area contributed by atoms with E-state index in [0.717, 1.165) is 36.8 Å². The fraction of sp³-hybridized carbons (Fsp3) is 0.600. The molecule has 2 N–H and O–H groups in total. The minimum absolute atomic E-state index is 0.114. The third-order valence-electron chi connectivity index (χ3n) is 5.96. The van der Waals surface area contributed by atoms with Gasteiger partial charge in [0.05, 0.1) is 18.2 Å². The van der Waals surface area contributed by atoms with Gasteiger partial charge in [-0.05, 0) is 39.9 Å².